The van der Waals surface area contributed by atoms with Gasteiger partial charge in [-0.1, -0.05) is 40.5 Å². The van der Waals surface area contributed by atoms with Crippen LogP contribution in [-0.4, -0.2) is 16.0 Å². The summed E-state index contributed by atoms with van der Waals surface area (Å²) in [5, 5.41) is 6.62. The van der Waals surface area contributed by atoms with Gasteiger partial charge in [0.2, 0.25) is 0 Å². The molecule has 0 unspecified atom stereocenters. The Hall–Kier alpha value is -2.58. The molecule has 140 valence electrons. The van der Waals surface area contributed by atoms with Crippen molar-refractivity contribution >= 4 is 29.1 Å². The number of amides is 1. The van der Waals surface area contributed by atoms with Gasteiger partial charge in [-0.3, -0.25) is 4.79 Å². The van der Waals surface area contributed by atoms with Crippen LogP contribution in [-0.2, 0) is 12.7 Å². The minimum absolute atomic E-state index is 0.0000803. The Morgan fingerprint density at radius 1 is 1.15 bits per heavy atom. The van der Waals surface area contributed by atoms with Gasteiger partial charge in [-0.25, -0.2) is 4.98 Å². The topological polar surface area (TPSA) is 68.0 Å². The Bertz CT molecular complexity index is 972. The van der Waals surface area contributed by atoms with Gasteiger partial charge in [0.15, 0.2) is 5.76 Å². The number of nitrogens with one attached hydrogen (secondary N) is 1. The van der Waals surface area contributed by atoms with E-state index in [0.29, 0.717) is 17.0 Å². The fourth-order valence-corrected chi connectivity index (χ4v) is 2.55. The molecule has 0 radical (unpaired) electrons. The minimum Gasteiger partial charge on any atom is -0.359 e. The van der Waals surface area contributed by atoms with E-state index in [0.717, 1.165) is 12.1 Å². The van der Waals surface area contributed by atoms with Gasteiger partial charge >= 0.3 is 6.18 Å². The van der Waals surface area contributed by atoms with Crippen LogP contribution in [0, 0.1) is 0 Å². The molecule has 0 bridgehead atoms. The Morgan fingerprint density at radius 2 is 1.85 bits per heavy atom. The SMILES string of the molecule is O=C(NCc1cc(-c2ccc(C(F)(F)F)cc2)no1)c1cc(Cl)cnc1Cl. The maximum atomic E-state index is 12.6. The first-order chi connectivity index (χ1) is 12.7. The largest absolute Gasteiger partial charge is 0.416 e. The number of rotatable bonds is 4. The smallest absolute Gasteiger partial charge is 0.359 e. The van der Waals surface area contributed by atoms with Gasteiger partial charge in [-0.2, -0.15) is 13.2 Å². The summed E-state index contributed by atoms with van der Waals surface area (Å²) in [6.45, 7) is -0.00465. The number of pyridine rings is 1. The van der Waals surface area contributed by atoms with Crippen LogP contribution in [0.5, 0.6) is 0 Å². The zero-order valence-corrected chi connectivity index (χ0v) is 14.9. The van der Waals surface area contributed by atoms with E-state index < -0.39 is 17.6 Å². The first-order valence-electron chi connectivity index (χ1n) is 7.46. The van der Waals surface area contributed by atoms with Gasteiger partial charge in [-0.15, -0.1) is 0 Å². The second-order valence-corrected chi connectivity index (χ2v) is 6.22. The average Bonchev–Trinajstić information content (AvgIpc) is 3.10. The van der Waals surface area contributed by atoms with Gasteiger partial charge in [-0.05, 0) is 18.2 Å². The Labute approximate surface area is 161 Å². The lowest BCUT2D eigenvalue weighted by molar-refractivity contribution is -0.137. The second kappa shape index (κ2) is 7.58. The van der Waals surface area contributed by atoms with Crippen LogP contribution in [0.1, 0.15) is 21.7 Å². The summed E-state index contributed by atoms with van der Waals surface area (Å²) in [6, 6.07) is 7.39. The van der Waals surface area contributed by atoms with Crippen LogP contribution in [0.3, 0.4) is 0 Å². The van der Waals surface area contributed by atoms with E-state index >= 15 is 0 Å². The number of hydrogen-bond donors (Lipinski definition) is 1. The van der Waals surface area contributed by atoms with E-state index in [1.807, 2.05) is 0 Å². The van der Waals surface area contributed by atoms with Crippen LogP contribution in [0.15, 0.2) is 47.1 Å². The maximum Gasteiger partial charge on any atom is 0.416 e. The summed E-state index contributed by atoms with van der Waals surface area (Å²) in [6.07, 6.45) is -3.10. The molecule has 0 spiro atoms. The van der Waals surface area contributed by atoms with Gasteiger partial charge in [0.05, 0.1) is 22.7 Å². The van der Waals surface area contributed by atoms with Crippen molar-refractivity contribution in [3.63, 3.8) is 0 Å². The molecule has 1 aromatic carbocycles. The summed E-state index contributed by atoms with van der Waals surface area (Å²) in [5.41, 5.74) is 0.141. The van der Waals surface area contributed by atoms with Crippen molar-refractivity contribution in [2.75, 3.05) is 0 Å². The molecule has 27 heavy (non-hydrogen) atoms. The third kappa shape index (κ3) is 4.58. The zero-order valence-electron chi connectivity index (χ0n) is 13.3. The van der Waals surface area contributed by atoms with Gasteiger partial charge < -0.3 is 9.84 Å². The van der Waals surface area contributed by atoms with E-state index in [2.05, 4.69) is 15.5 Å². The van der Waals surface area contributed by atoms with E-state index in [4.69, 9.17) is 27.7 Å². The highest BCUT2D eigenvalue weighted by Gasteiger charge is 2.30. The predicted octanol–water partition coefficient (Wildman–Crippen LogP) is 4.99. The number of hydrogen-bond acceptors (Lipinski definition) is 4. The van der Waals surface area contributed by atoms with Crippen LogP contribution in [0.25, 0.3) is 11.3 Å². The Balaban J connectivity index is 1.67. The van der Waals surface area contributed by atoms with E-state index in [9.17, 15) is 18.0 Å². The Kier molecular flexibility index (Phi) is 5.38. The summed E-state index contributed by atoms with van der Waals surface area (Å²) in [4.78, 5) is 15.9. The molecule has 3 aromatic rings. The molecule has 0 saturated heterocycles. The summed E-state index contributed by atoms with van der Waals surface area (Å²) >= 11 is 11.6. The lowest BCUT2D eigenvalue weighted by Gasteiger charge is -2.06. The van der Waals surface area contributed by atoms with Crippen LogP contribution >= 0.6 is 23.2 Å². The lowest BCUT2D eigenvalue weighted by atomic mass is 10.1. The highest BCUT2D eigenvalue weighted by molar-refractivity contribution is 6.34. The molecule has 0 fully saturated rings. The van der Waals surface area contributed by atoms with E-state index in [1.54, 1.807) is 0 Å². The highest BCUT2D eigenvalue weighted by atomic mass is 35.5. The first kappa shape index (κ1) is 19.2. The van der Waals surface area contributed by atoms with Gasteiger partial charge in [0, 0.05) is 17.8 Å². The number of alkyl halides is 3. The Morgan fingerprint density at radius 3 is 2.52 bits per heavy atom. The van der Waals surface area contributed by atoms with Crippen molar-refractivity contribution in [2.45, 2.75) is 12.7 Å². The molecule has 0 aliphatic carbocycles. The molecule has 10 heteroatoms. The molecule has 0 aliphatic rings. The molecule has 2 heterocycles. The quantitative estimate of drug-likeness (QED) is 0.609. The molecule has 0 atom stereocenters. The number of halogens is 5. The van der Waals surface area contributed by atoms with Gasteiger partial charge in [0.1, 0.15) is 10.8 Å². The van der Waals surface area contributed by atoms with Gasteiger partial charge in [0.25, 0.3) is 5.91 Å². The number of benzene rings is 1. The third-order valence-electron chi connectivity index (χ3n) is 3.54. The minimum atomic E-state index is -4.41. The van der Waals surface area contributed by atoms with Crippen molar-refractivity contribution < 1.29 is 22.5 Å². The normalized spacial score (nSPS) is 11.4. The molecular formula is C17H10Cl2F3N3O2. The average molecular weight is 416 g/mol. The molecule has 0 aliphatic heterocycles. The van der Waals surface area contributed by atoms with Crippen molar-refractivity contribution in [2.24, 2.45) is 0 Å². The van der Waals surface area contributed by atoms with E-state index in [-0.39, 0.29) is 22.3 Å². The first-order valence-corrected chi connectivity index (χ1v) is 8.22. The lowest BCUT2D eigenvalue weighted by Crippen LogP contribution is -2.23. The van der Waals surface area contributed by atoms with Crippen LogP contribution < -0.4 is 5.32 Å². The van der Waals surface area contributed by atoms with Crippen LogP contribution in [0.4, 0.5) is 13.2 Å². The zero-order chi connectivity index (χ0) is 19.6. The fraction of sp³-hybridized carbons (Fsp3) is 0.118. The standard InChI is InChI=1S/C17H10Cl2F3N3O2/c18-11-5-13(15(19)23-7-11)16(26)24-8-12-6-14(25-27-12)9-1-3-10(4-2-9)17(20,21)22/h1-7H,8H2,(H,24,26). The van der Waals surface area contributed by atoms with E-state index in [1.165, 1.54) is 30.5 Å². The highest BCUT2D eigenvalue weighted by Crippen LogP contribution is 2.30. The molecule has 3 rings (SSSR count). The molecule has 0 saturated carbocycles. The van der Waals surface area contributed by atoms with Crippen molar-refractivity contribution in [1.82, 2.24) is 15.5 Å². The fourth-order valence-electron chi connectivity index (χ4n) is 2.21. The van der Waals surface area contributed by atoms with Crippen molar-refractivity contribution in [1.29, 1.82) is 0 Å². The second-order valence-electron chi connectivity index (χ2n) is 5.43. The number of carbonyl (C=O) groups excluding carboxylic acids is 1. The number of aromatic nitrogens is 2. The monoisotopic (exact) mass is 415 g/mol. The predicted molar refractivity (Wildman–Crippen MR) is 92.4 cm³/mol. The van der Waals surface area contributed by atoms with Crippen molar-refractivity contribution in [3.8, 4) is 11.3 Å². The molecule has 2 aromatic heterocycles. The molecule has 1 amide bonds. The third-order valence-corrected chi connectivity index (χ3v) is 4.05. The number of nitrogens with zero attached hydrogens (tertiary/aromatic N) is 2. The number of carbonyl (C=O) groups is 1. The van der Waals surface area contributed by atoms with Crippen LogP contribution in [0.2, 0.25) is 10.2 Å². The molecule has 1 N–H and O–H groups in total. The summed E-state index contributed by atoms with van der Waals surface area (Å²) in [5.74, 6) is -0.202. The summed E-state index contributed by atoms with van der Waals surface area (Å²) in [7, 11) is 0. The summed E-state index contributed by atoms with van der Waals surface area (Å²) < 4.78 is 42.9. The molecular weight excluding hydrogens is 406 g/mol. The maximum absolute atomic E-state index is 12.6. The molecule has 5 nitrogen and oxygen atoms in total. The van der Waals surface area contributed by atoms with Crippen molar-refractivity contribution in [3.05, 3.63) is 69.7 Å².